The fourth-order valence-corrected chi connectivity index (χ4v) is 1.57. The molecule has 0 aliphatic carbocycles. The van der Waals surface area contributed by atoms with Crippen molar-refractivity contribution in [3.63, 3.8) is 0 Å². The average Bonchev–Trinajstić information content (AvgIpc) is 2.14. The maximum Gasteiger partial charge on any atom is 0.123 e. The van der Waals surface area contributed by atoms with E-state index in [1.165, 1.54) is 0 Å². The Morgan fingerprint density at radius 1 is 1.20 bits per heavy atom. The minimum atomic E-state index is -0.113. The van der Waals surface area contributed by atoms with Gasteiger partial charge in [-0.15, -0.1) is 0 Å². The van der Waals surface area contributed by atoms with Gasteiger partial charge >= 0.3 is 0 Å². The Morgan fingerprint density at radius 2 is 1.80 bits per heavy atom. The molecule has 0 N–H and O–H groups in total. The number of hydrogen-bond acceptors (Lipinski definition) is 0. The molecule has 1 aromatic carbocycles. The van der Waals surface area contributed by atoms with Gasteiger partial charge in [-0.05, 0) is 41.0 Å². The van der Waals surface area contributed by atoms with E-state index in [1.54, 1.807) is 12.1 Å². The van der Waals surface area contributed by atoms with Crippen LogP contribution in [-0.2, 0) is 5.41 Å². The van der Waals surface area contributed by atoms with Gasteiger partial charge in [-0.3, -0.25) is 0 Å². The van der Waals surface area contributed by atoms with Gasteiger partial charge in [0, 0.05) is 0 Å². The first-order valence-corrected chi connectivity index (χ1v) is 5.65. The average molecular weight is 208 g/mol. The van der Waals surface area contributed by atoms with E-state index in [2.05, 4.69) is 40.7 Å². The van der Waals surface area contributed by atoms with Crippen molar-refractivity contribution in [2.75, 3.05) is 0 Å². The molecule has 0 aliphatic heterocycles. The van der Waals surface area contributed by atoms with Crippen molar-refractivity contribution in [2.45, 2.75) is 52.4 Å². The summed E-state index contributed by atoms with van der Waals surface area (Å²) in [6.45, 7) is 10.6. The van der Waals surface area contributed by atoms with Crippen LogP contribution in [0.15, 0.2) is 18.2 Å². The van der Waals surface area contributed by atoms with E-state index in [4.69, 9.17) is 0 Å². The quantitative estimate of drug-likeness (QED) is 0.664. The van der Waals surface area contributed by atoms with Crippen molar-refractivity contribution in [1.82, 2.24) is 0 Å². The van der Waals surface area contributed by atoms with Gasteiger partial charge in [0.25, 0.3) is 0 Å². The van der Waals surface area contributed by atoms with Gasteiger partial charge in [-0.2, -0.15) is 0 Å². The molecule has 0 nitrogen and oxygen atoms in total. The topological polar surface area (TPSA) is 0 Å². The second kappa shape index (κ2) is 4.34. The number of halogens is 1. The van der Waals surface area contributed by atoms with Crippen LogP contribution in [0, 0.1) is 5.82 Å². The summed E-state index contributed by atoms with van der Waals surface area (Å²) >= 11 is 0. The van der Waals surface area contributed by atoms with Crippen molar-refractivity contribution >= 4 is 0 Å². The lowest BCUT2D eigenvalue weighted by molar-refractivity contribution is 0.566. The maximum atomic E-state index is 13.5. The summed E-state index contributed by atoms with van der Waals surface area (Å²) < 4.78 is 13.5. The molecule has 1 unspecified atom stereocenters. The molecule has 0 saturated carbocycles. The van der Waals surface area contributed by atoms with Crippen LogP contribution in [0.4, 0.5) is 4.39 Å². The van der Waals surface area contributed by atoms with E-state index in [9.17, 15) is 4.39 Å². The van der Waals surface area contributed by atoms with Crippen molar-refractivity contribution in [2.24, 2.45) is 0 Å². The predicted molar refractivity (Wildman–Crippen MR) is 63.8 cm³/mol. The molecule has 0 aromatic heterocycles. The minimum absolute atomic E-state index is 0.0182. The zero-order valence-corrected chi connectivity index (χ0v) is 10.4. The van der Waals surface area contributed by atoms with Crippen LogP contribution in [0.5, 0.6) is 0 Å². The second-order valence-corrected chi connectivity index (χ2v) is 5.33. The molecule has 0 amide bonds. The summed E-state index contributed by atoms with van der Waals surface area (Å²) in [5.41, 5.74) is 2.21. The molecule has 0 radical (unpaired) electrons. The van der Waals surface area contributed by atoms with Crippen molar-refractivity contribution in [1.29, 1.82) is 0 Å². The van der Waals surface area contributed by atoms with Crippen LogP contribution < -0.4 is 0 Å². The van der Waals surface area contributed by atoms with Gasteiger partial charge in [-0.1, -0.05) is 40.7 Å². The SMILES string of the molecule is CCC(C)c1cc(F)cc(C(C)(C)C)c1. The van der Waals surface area contributed by atoms with Gasteiger partial charge in [-0.25, -0.2) is 4.39 Å². The Kier molecular flexibility index (Phi) is 3.54. The highest BCUT2D eigenvalue weighted by Gasteiger charge is 2.16. The molecule has 15 heavy (non-hydrogen) atoms. The van der Waals surface area contributed by atoms with Gasteiger partial charge in [0.2, 0.25) is 0 Å². The lowest BCUT2D eigenvalue weighted by Gasteiger charge is -2.21. The first kappa shape index (κ1) is 12.2. The van der Waals surface area contributed by atoms with Crippen LogP contribution in [-0.4, -0.2) is 0 Å². The second-order valence-electron chi connectivity index (χ2n) is 5.33. The van der Waals surface area contributed by atoms with E-state index in [0.717, 1.165) is 17.5 Å². The fraction of sp³-hybridized carbons (Fsp3) is 0.571. The Balaban J connectivity index is 3.17. The lowest BCUT2D eigenvalue weighted by Crippen LogP contribution is -2.12. The molecule has 0 aliphatic rings. The largest absolute Gasteiger partial charge is 0.207 e. The molecule has 1 heteroatoms. The summed E-state index contributed by atoms with van der Waals surface area (Å²) in [5, 5.41) is 0. The molecule has 0 fully saturated rings. The van der Waals surface area contributed by atoms with E-state index >= 15 is 0 Å². The molecule has 1 aromatic rings. The third-order valence-electron chi connectivity index (χ3n) is 2.97. The Labute approximate surface area is 92.5 Å². The zero-order valence-electron chi connectivity index (χ0n) is 10.4. The fourth-order valence-electron chi connectivity index (χ4n) is 1.57. The molecule has 0 saturated heterocycles. The first-order valence-electron chi connectivity index (χ1n) is 5.65. The summed E-state index contributed by atoms with van der Waals surface area (Å²) in [4.78, 5) is 0. The van der Waals surface area contributed by atoms with Crippen LogP contribution in [0.25, 0.3) is 0 Å². The minimum Gasteiger partial charge on any atom is -0.207 e. The van der Waals surface area contributed by atoms with E-state index in [1.807, 2.05) is 0 Å². The third-order valence-corrected chi connectivity index (χ3v) is 2.97. The van der Waals surface area contributed by atoms with Gasteiger partial charge < -0.3 is 0 Å². The molecule has 1 atom stereocenters. The highest BCUT2D eigenvalue weighted by Crippen LogP contribution is 2.28. The monoisotopic (exact) mass is 208 g/mol. The molecule has 0 heterocycles. The number of rotatable bonds is 2. The van der Waals surface area contributed by atoms with Crippen molar-refractivity contribution < 1.29 is 4.39 Å². The van der Waals surface area contributed by atoms with Crippen LogP contribution in [0.1, 0.15) is 58.1 Å². The van der Waals surface area contributed by atoms with Crippen LogP contribution >= 0.6 is 0 Å². The van der Waals surface area contributed by atoms with Crippen molar-refractivity contribution in [3.8, 4) is 0 Å². The van der Waals surface area contributed by atoms with Crippen molar-refractivity contribution in [3.05, 3.63) is 35.1 Å². The molecular weight excluding hydrogens is 187 g/mol. The molecule has 0 spiro atoms. The van der Waals surface area contributed by atoms with E-state index in [-0.39, 0.29) is 11.2 Å². The van der Waals surface area contributed by atoms with E-state index in [0.29, 0.717) is 5.92 Å². The summed E-state index contributed by atoms with van der Waals surface area (Å²) in [6, 6.07) is 5.44. The third kappa shape index (κ3) is 3.05. The predicted octanol–water partition coefficient (Wildman–Crippen LogP) is 4.64. The smallest absolute Gasteiger partial charge is 0.123 e. The van der Waals surface area contributed by atoms with E-state index < -0.39 is 0 Å². The standard InChI is InChI=1S/C14H21F/c1-6-10(2)11-7-12(14(3,4)5)9-13(15)8-11/h7-10H,6H2,1-5H3. The summed E-state index contributed by atoms with van der Waals surface area (Å²) in [5.74, 6) is 0.319. The Bertz CT molecular complexity index is 334. The highest BCUT2D eigenvalue weighted by atomic mass is 19.1. The van der Waals surface area contributed by atoms with Gasteiger partial charge in [0.1, 0.15) is 5.82 Å². The van der Waals surface area contributed by atoms with Gasteiger partial charge in [0.15, 0.2) is 0 Å². The number of hydrogen-bond donors (Lipinski definition) is 0. The molecule has 1 rings (SSSR count). The Morgan fingerprint density at radius 3 is 2.27 bits per heavy atom. The van der Waals surface area contributed by atoms with Crippen LogP contribution in [0.3, 0.4) is 0 Å². The first-order chi connectivity index (χ1) is 6.84. The number of benzene rings is 1. The zero-order chi connectivity index (χ0) is 11.6. The maximum absolute atomic E-state index is 13.5. The molecular formula is C14H21F. The summed E-state index contributed by atoms with van der Waals surface area (Å²) in [7, 11) is 0. The highest BCUT2D eigenvalue weighted by molar-refractivity contribution is 5.31. The van der Waals surface area contributed by atoms with Crippen LogP contribution in [0.2, 0.25) is 0 Å². The Hall–Kier alpha value is -0.850. The normalized spacial score (nSPS) is 14.0. The molecule has 0 bridgehead atoms. The van der Waals surface area contributed by atoms with Gasteiger partial charge in [0.05, 0.1) is 0 Å². The summed E-state index contributed by atoms with van der Waals surface area (Å²) in [6.07, 6.45) is 1.05. The molecule has 84 valence electrons. The lowest BCUT2D eigenvalue weighted by atomic mass is 9.84.